The van der Waals surface area contributed by atoms with Gasteiger partial charge in [0.05, 0.1) is 11.5 Å². The maximum absolute atomic E-state index is 12.9. The number of nitrogens with zero attached hydrogens (tertiary/aromatic N) is 2. The molecule has 0 saturated carbocycles. The lowest BCUT2D eigenvalue weighted by Gasteiger charge is -2.16. The van der Waals surface area contributed by atoms with Crippen LogP contribution in [0.2, 0.25) is 0 Å². The summed E-state index contributed by atoms with van der Waals surface area (Å²) in [6.07, 6.45) is -2.49. The van der Waals surface area contributed by atoms with E-state index in [2.05, 4.69) is 4.57 Å². The Morgan fingerprint density at radius 1 is 0.903 bits per heavy atom. The molecule has 4 aromatic rings. The van der Waals surface area contributed by atoms with Crippen LogP contribution in [0, 0.1) is 10.1 Å². The molecule has 0 N–H and O–H groups in total. The zero-order valence-electron chi connectivity index (χ0n) is 16.4. The van der Waals surface area contributed by atoms with Crippen molar-refractivity contribution >= 4 is 10.9 Å². The molecule has 1 heterocycles. The molecule has 0 spiro atoms. The number of nitro groups is 1. The van der Waals surface area contributed by atoms with Crippen LogP contribution in [0.5, 0.6) is 0 Å². The highest BCUT2D eigenvalue weighted by Gasteiger charge is 2.31. The fraction of sp³-hybridized carbons (Fsp3) is 0.167. The molecule has 7 heteroatoms. The van der Waals surface area contributed by atoms with E-state index in [1.54, 1.807) is 0 Å². The SMILES string of the molecule is O=[N+]([O-])CC(c1ccc(C(F)(F)F)cc1)c1ccc2c(ccn2Cc2ccccc2)c1. The first-order valence-corrected chi connectivity index (χ1v) is 9.73. The van der Waals surface area contributed by atoms with Gasteiger partial charge in [-0.3, -0.25) is 10.1 Å². The van der Waals surface area contributed by atoms with Gasteiger partial charge in [0.2, 0.25) is 6.54 Å². The van der Waals surface area contributed by atoms with E-state index in [4.69, 9.17) is 0 Å². The summed E-state index contributed by atoms with van der Waals surface area (Å²) in [4.78, 5) is 10.8. The van der Waals surface area contributed by atoms with Crippen molar-refractivity contribution in [1.29, 1.82) is 0 Å². The number of halogens is 3. The number of hydrogen-bond donors (Lipinski definition) is 0. The number of aromatic nitrogens is 1. The Kier molecular flexibility index (Phi) is 5.50. The highest BCUT2D eigenvalue weighted by Crippen LogP contribution is 2.33. The standard InChI is InChI=1S/C24H19F3N2O2/c25-24(26,27)21-9-6-18(7-10-21)22(16-29(30)31)19-8-11-23-20(14-19)12-13-28(23)15-17-4-2-1-3-5-17/h1-14,22H,15-16H2. The van der Waals surface area contributed by atoms with Gasteiger partial charge >= 0.3 is 6.18 Å². The topological polar surface area (TPSA) is 48.1 Å². The minimum Gasteiger partial charge on any atom is -0.343 e. The molecule has 0 aliphatic heterocycles. The van der Waals surface area contributed by atoms with Gasteiger partial charge in [-0.15, -0.1) is 0 Å². The summed E-state index contributed by atoms with van der Waals surface area (Å²) >= 11 is 0. The molecular formula is C24H19F3N2O2. The summed E-state index contributed by atoms with van der Waals surface area (Å²) in [6.45, 7) is 0.294. The average Bonchev–Trinajstić information content (AvgIpc) is 3.14. The lowest BCUT2D eigenvalue weighted by Crippen LogP contribution is -2.14. The molecule has 0 aliphatic rings. The first-order chi connectivity index (χ1) is 14.8. The molecule has 0 radical (unpaired) electrons. The number of benzene rings is 3. The van der Waals surface area contributed by atoms with Gasteiger partial charge in [-0.1, -0.05) is 48.5 Å². The Labute approximate surface area is 176 Å². The fourth-order valence-electron chi connectivity index (χ4n) is 3.81. The van der Waals surface area contributed by atoms with Gasteiger partial charge in [0.25, 0.3) is 0 Å². The number of rotatable bonds is 6. The van der Waals surface area contributed by atoms with Gasteiger partial charge in [-0.2, -0.15) is 13.2 Å². The smallest absolute Gasteiger partial charge is 0.343 e. The molecule has 4 nitrogen and oxygen atoms in total. The highest BCUT2D eigenvalue weighted by molar-refractivity contribution is 5.81. The molecule has 0 saturated heterocycles. The van der Waals surface area contributed by atoms with Crippen LogP contribution < -0.4 is 0 Å². The molecule has 0 bridgehead atoms. The lowest BCUT2D eigenvalue weighted by molar-refractivity contribution is -0.481. The van der Waals surface area contributed by atoms with Crippen LogP contribution in [0.3, 0.4) is 0 Å². The van der Waals surface area contributed by atoms with E-state index >= 15 is 0 Å². The van der Waals surface area contributed by atoms with Crippen molar-refractivity contribution in [2.24, 2.45) is 0 Å². The predicted octanol–water partition coefficient (Wildman–Crippen LogP) is 6.12. The van der Waals surface area contributed by atoms with Crippen LogP contribution in [0.4, 0.5) is 13.2 Å². The normalized spacial score (nSPS) is 12.7. The summed E-state index contributed by atoms with van der Waals surface area (Å²) < 4.78 is 40.7. The van der Waals surface area contributed by atoms with E-state index in [0.29, 0.717) is 17.7 Å². The third-order valence-electron chi connectivity index (χ3n) is 5.37. The van der Waals surface area contributed by atoms with Crippen molar-refractivity contribution in [3.05, 3.63) is 117 Å². The van der Waals surface area contributed by atoms with Crippen LogP contribution in [0.1, 0.15) is 28.2 Å². The van der Waals surface area contributed by atoms with E-state index < -0.39 is 29.1 Å². The molecule has 4 rings (SSSR count). The minimum absolute atomic E-state index is 0.401. The molecule has 158 valence electrons. The number of fused-ring (bicyclic) bond motifs is 1. The Morgan fingerprint density at radius 2 is 1.58 bits per heavy atom. The van der Waals surface area contributed by atoms with Crippen LogP contribution in [-0.2, 0) is 12.7 Å². The molecule has 3 aromatic carbocycles. The lowest BCUT2D eigenvalue weighted by atomic mass is 9.90. The minimum atomic E-state index is -4.45. The molecule has 31 heavy (non-hydrogen) atoms. The van der Waals surface area contributed by atoms with E-state index in [9.17, 15) is 23.3 Å². The number of alkyl halides is 3. The summed E-state index contributed by atoms with van der Waals surface area (Å²) in [7, 11) is 0. The van der Waals surface area contributed by atoms with Gasteiger partial charge < -0.3 is 4.57 Å². The van der Waals surface area contributed by atoms with Crippen LogP contribution in [0.15, 0.2) is 85.1 Å². The second-order valence-electron chi connectivity index (χ2n) is 7.44. The molecule has 1 unspecified atom stereocenters. The van der Waals surface area contributed by atoms with Gasteiger partial charge in [0.1, 0.15) is 0 Å². The average molecular weight is 424 g/mol. The molecule has 0 aliphatic carbocycles. The van der Waals surface area contributed by atoms with Crippen molar-refractivity contribution < 1.29 is 18.1 Å². The zero-order chi connectivity index (χ0) is 22.0. The summed E-state index contributed by atoms with van der Waals surface area (Å²) in [5, 5.41) is 12.2. The Morgan fingerprint density at radius 3 is 2.23 bits per heavy atom. The zero-order valence-corrected chi connectivity index (χ0v) is 16.4. The molecule has 1 atom stereocenters. The van der Waals surface area contributed by atoms with E-state index in [0.717, 1.165) is 28.6 Å². The fourth-order valence-corrected chi connectivity index (χ4v) is 3.81. The van der Waals surface area contributed by atoms with Gasteiger partial charge in [-0.25, -0.2) is 0 Å². The van der Waals surface area contributed by atoms with Gasteiger partial charge in [0, 0.05) is 23.2 Å². The maximum atomic E-state index is 12.9. The molecule has 1 aromatic heterocycles. The summed E-state index contributed by atoms with van der Waals surface area (Å²) in [6, 6.07) is 22.1. The van der Waals surface area contributed by atoms with Crippen molar-refractivity contribution in [3.63, 3.8) is 0 Å². The summed E-state index contributed by atoms with van der Waals surface area (Å²) in [5.74, 6) is -0.640. The monoisotopic (exact) mass is 424 g/mol. The first-order valence-electron chi connectivity index (χ1n) is 9.73. The van der Waals surface area contributed by atoms with Gasteiger partial charge in [0.15, 0.2) is 0 Å². The van der Waals surface area contributed by atoms with Crippen molar-refractivity contribution in [2.75, 3.05) is 6.54 Å². The third kappa shape index (κ3) is 4.60. The Bertz CT molecular complexity index is 1200. The van der Waals surface area contributed by atoms with Crippen molar-refractivity contribution in [1.82, 2.24) is 4.57 Å². The molecule has 0 fully saturated rings. The molecule has 0 amide bonds. The largest absolute Gasteiger partial charge is 0.416 e. The van der Waals surface area contributed by atoms with Crippen molar-refractivity contribution in [3.8, 4) is 0 Å². The summed E-state index contributed by atoms with van der Waals surface area (Å²) in [5.41, 5.74) is 2.54. The number of hydrogen-bond acceptors (Lipinski definition) is 2. The van der Waals surface area contributed by atoms with Crippen LogP contribution in [0.25, 0.3) is 10.9 Å². The van der Waals surface area contributed by atoms with Crippen molar-refractivity contribution in [2.45, 2.75) is 18.6 Å². The Hall–Kier alpha value is -3.61. The van der Waals surface area contributed by atoms with E-state index in [1.807, 2.05) is 60.8 Å². The third-order valence-corrected chi connectivity index (χ3v) is 5.37. The van der Waals surface area contributed by atoms with Crippen LogP contribution >= 0.6 is 0 Å². The van der Waals surface area contributed by atoms with E-state index in [1.165, 1.54) is 12.1 Å². The maximum Gasteiger partial charge on any atom is 0.416 e. The van der Waals surface area contributed by atoms with Crippen LogP contribution in [-0.4, -0.2) is 16.0 Å². The first kappa shape index (κ1) is 20.7. The second-order valence-corrected chi connectivity index (χ2v) is 7.44. The van der Waals surface area contributed by atoms with Gasteiger partial charge in [-0.05, 0) is 52.4 Å². The quantitative estimate of drug-likeness (QED) is 0.277. The highest BCUT2D eigenvalue weighted by atomic mass is 19.4. The second kappa shape index (κ2) is 8.26. The predicted molar refractivity (Wildman–Crippen MR) is 113 cm³/mol. The molecular weight excluding hydrogens is 405 g/mol. The van der Waals surface area contributed by atoms with E-state index in [-0.39, 0.29) is 0 Å². The Balaban J connectivity index is 1.67.